The van der Waals surface area contributed by atoms with E-state index in [2.05, 4.69) is 43.0 Å². The van der Waals surface area contributed by atoms with Gasteiger partial charge in [-0.2, -0.15) is 0 Å². The summed E-state index contributed by atoms with van der Waals surface area (Å²) in [5, 5.41) is 3.48. The Bertz CT molecular complexity index is 534. The largest absolute Gasteiger partial charge is 0.368 e. The smallest absolute Gasteiger partial charge is 0.154 e. The van der Waals surface area contributed by atoms with Gasteiger partial charge in [0.15, 0.2) is 5.82 Å². The molecule has 0 unspecified atom stereocenters. The molecule has 19 heavy (non-hydrogen) atoms. The number of nitrogens with one attached hydrogen (secondary N) is 1. The molecular formula is C15H24N4. The minimum absolute atomic E-state index is 0.640. The Kier molecular flexibility index (Phi) is 4.08. The van der Waals surface area contributed by atoms with E-state index in [9.17, 15) is 0 Å². The van der Waals surface area contributed by atoms with E-state index in [1.165, 1.54) is 0 Å². The highest BCUT2D eigenvalue weighted by Gasteiger charge is 2.18. The molecule has 0 aliphatic heterocycles. The van der Waals surface area contributed by atoms with Gasteiger partial charge in [0.2, 0.25) is 0 Å². The Balaban J connectivity index is 2.17. The molecule has 0 aromatic carbocycles. The molecule has 2 rings (SSSR count). The number of imidazole rings is 1. The minimum Gasteiger partial charge on any atom is -0.368 e. The van der Waals surface area contributed by atoms with Gasteiger partial charge in [-0.15, -0.1) is 0 Å². The molecule has 0 bridgehead atoms. The summed E-state index contributed by atoms with van der Waals surface area (Å²) in [4.78, 5) is 8.85. The number of hydrogen-bond acceptors (Lipinski definition) is 3. The molecule has 0 atom stereocenters. The number of aromatic nitrogens is 3. The van der Waals surface area contributed by atoms with E-state index in [-0.39, 0.29) is 0 Å². The van der Waals surface area contributed by atoms with Crippen molar-refractivity contribution in [3.63, 3.8) is 0 Å². The number of anilines is 1. The fourth-order valence-electron chi connectivity index (χ4n) is 2.65. The first-order valence-corrected chi connectivity index (χ1v) is 7.00. The zero-order valence-electron chi connectivity index (χ0n) is 12.5. The average molecular weight is 260 g/mol. The van der Waals surface area contributed by atoms with Crippen LogP contribution in [-0.4, -0.2) is 21.1 Å². The number of fused-ring (bicyclic) bond motifs is 1. The standard InChI is InChI=1S/C15H24N4/c1-10(2)12(11(3)4)8-17-15-14-13(6-7-16-15)19(5)9-18-14/h6-7,9-12H,8H2,1-5H3,(H,16,17). The average Bonchev–Trinajstić information content (AvgIpc) is 2.71. The molecule has 2 aromatic heterocycles. The van der Waals surface area contributed by atoms with Crippen molar-refractivity contribution in [3.8, 4) is 0 Å². The van der Waals surface area contributed by atoms with Gasteiger partial charge in [-0.1, -0.05) is 27.7 Å². The summed E-state index contributed by atoms with van der Waals surface area (Å²) in [6, 6.07) is 2.00. The van der Waals surface area contributed by atoms with Crippen LogP contribution in [0.25, 0.3) is 11.0 Å². The Morgan fingerprint density at radius 1 is 1.16 bits per heavy atom. The fourth-order valence-corrected chi connectivity index (χ4v) is 2.65. The number of aryl methyl sites for hydroxylation is 1. The molecule has 2 heterocycles. The summed E-state index contributed by atoms with van der Waals surface area (Å²) in [7, 11) is 2.00. The van der Waals surface area contributed by atoms with Gasteiger partial charge >= 0.3 is 0 Å². The van der Waals surface area contributed by atoms with Crippen LogP contribution in [0.1, 0.15) is 27.7 Å². The predicted octanol–water partition coefficient (Wildman–Crippen LogP) is 3.31. The third kappa shape index (κ3) is 2.88. The van der Waals surface area contributed by atoms with Crippen LogP contribution in [0.4, 0.5) is 5.82 Å². The molecule has 0 aliphatic rings. The van der Waals surface area contributed by atoms with E-state index in [0.29, 0.717) is 17.8 Å². The molecular weight excluding hydrogens is 236 g/mol. The van der Waals surface area contributed by atoms with E-state index < -0.39 is 0 Å². The lowest BCUT2D eigenvalue weighted by Crippen LogP contribution is -2.24. The van der Waals surface area contributed by atoms with Crippen LogP contribution < -0.4 is 5.32 Å². The molecule has 1 N–H and O–H groups in total. The van der Waals surface area contributed by atoms with Crippen molar-refractivity contribution in [2.75, 3.05) is 11.9 Å². The van der Waals surface area contributed by atoms with Crippen LogP contribution in [0.15, 0.2) is 18.6 Å². The maximum Gasteiger partial charge on any atom is 0.154 e. The second kappa shape index (κ2) is 5.59. The van der Waals surface area contributed by atoms with Crippen LogP contribution in [0.2, 0.25) is 0 Å². The van der Waals surface area contributed by atoms with E-state index in [1.54, 1.807) is 0 Å². The normalized spacial score (nSPS) is 12.0. The molecule has 0 saturated carbocycles. The van der Waals surface area contributed by atoms with Crippen LogP contribution in [-0.2, 0) is 7.05 Å². The SMILES string of the molecule is CC(C)C(CNc1nccc2c1ncn2C)C(C)C. The highest BCUT2D eigenvalue weighted by molar-refractivity contribution is 5.85. The van der Waals surface area contributed by atoms with Crippen molar-refractivity contribution in [3.05, 3.63) is 18.6 Å². The van der Waals surface area contributed by atoms with E-state index in [0.717, 1.165) is 23.4 Å². The summed E-state index contributed by atoms with van der Waals surface area (Å²) >= 11 is 0. The van der Waals surface area contributed by atoms with Crippen LogP contribution in [0, 0.1) is 17.8 Å². The summed E-state index contributed by atoms with van der Waals surface area (Å²) in [6.45, 7) is 10.1. The van der Waals surface area contributed by atoms with Crippen LogP contribution >= 0.6 is 0 Å². The minimum atomic E-state index is 0.640. The summed E-state index contributed by atoms with van der Waals surface area (Å²) in [5.74, 6) is 2.86. The van der Waals surface area contributed by atoms with Crippen molar-refractivity contribution in [2.24, 2.45) is 24.8 Å². The predicted molar refractivity (Wildman–Crippen MR) is 80.2 cm³/mol. The first kappa shape index (κ1) is 13.8. The molecule has 104 valence electrons. The van der Waals surface area contributed by atoms with Crippen LogP contribution in [0.3, 0.4) is 0 Å². The van der Waals surface area contributed by atoms with Gasteiger partial charge in [0.25, 0.3) is 0 Å². The van der Waals surface area contributed by atoms with Gasteiger partial charge < -0.3 is 9.88 Å². The summed E-state index contributed by atoms with van der Waals surface area (Å²) in [6.07, 6.45) is 3.67. The van der Waals surface area contributed by atoms with Crippen molar-refractivity contribution in [1.82, 2.24) is 14.5 Å². The molecule has 4 nitrogen and oxygen atoms in total. The third-order valence-corrected chi connectivity index (χ3v) is 3.86. The van der Waals surface area contributed by atoms with Gasteiger partial charge in [0, 0.05) is 19.8 Å². The Hall–Kier alpha value is -1.58. The molecule has 4 heteroatoms. The Labute approximate surface area is 115 Å². The number of rotatable bonds is 5. The van der Waals surface area contributed by atoms with Crippen molar-refractivity contribution >= 4 is 16.9 Å². The molecule has 0 fully saturated rings. The fraction of sp³-hybridized carbons (Fsp3) is 0.600. The Morgan fingerprint density at radius 3 is 2.47 bits per heavy atom. The van der Waals surface area contributed by atoms with E-state index >= 15 is 0 Å². The van der Waals surface area contributed by atoms with Crippen molar-refractivity contribution < 1.29 is 0 Å². The molecule has 0 spiro atoms. The lowest BCUT2D eigenvalue weighted by atomic mass is 9.85. The monoisotopic (exact) mass is 260 g/mol. The quantitative estimate of drug-likeness (QED) is 0.897. The zero-order chi connectivity index (χ0) is 14.0. The van der Waals surface area contributed by atoms with Gasteiger partial charge in [-0.25, -0.2) is 9.97 Å². The lowest BCUT2D eigenvalue weighted by molar-refractivity contribution is 0.304. The van der Waals surface area contributed by atoms with Crippen molar-refractivity contribution in [1.29, 1.82) is 0 Å². The second-order valence-electron chi connectivity index (χ2n) is 5.92. The van der Waals surface area contributed by atoms with Crippen molar-refractivity contribution in [2.45, 2.75) is 27.7 Å². The van der Waals surface area contributed by atoms with E-state index in [1.807, 2.05) is 30.2 Å². The van der Waals surface area contributed by atoms with Gasteiger partial charge in [0.05, 0.1) is 11.8 Å². The van der Waals surface area contributed by atoms with Gasteiger partial charge in [-0.3, -0.25) is 0 Å². The second-order valence-corrected chi connectivity index (χ2v) is 5.92. The topological polar surface area (TPSA) is 42.7 Å². The first-order valence-electron chi connectivity index (χ1n) is 7.00. The molecule has 0 saturated heterocycles. The molecule has 2 aromatic rings. The number of pyridine rings is 1. The molecule has 0 aliphatic carbocycles. The zero-order valence-corrected chi connectivity index (χ0v) is 12.5. The third-order valence-electron chi connectivity index (χ3n) is 3.86. The highest BCUT2D eigenvalue weighted by Crippen LogP contribution is 2.23. The molecule has 0 radical (unpaired) electrons. The maximum absolute atomic E-state index is 4.42. The lowest BCUT2D eigenvalue weighted by Gasteiger charge is -2.25. The first-order chi connectivity index (χ1) is 9.00. The molecule has 0 amide bonds. The highest BCUT2D eigenvalue weighted by atomic mass is 15.1. The van der Waals surface area contributed by atoms with Crippen LogP contribution in [0.5, 0.6) is 0 Å². The summed E-state index contributed by atoms with van der Waals surface area (Å²) < 4.78 is 2.02. The Morgan fingerprint density at radius 2 is 1.84 bits per heavy atom. The summed E-state index contributed by atoms with van der Waals surface area (Å²) in [5.41, 5.74) is 2.07. The van der Waals surface area contributed by atoms with Gasteiger partial charge in [0.1, 0.15) is 5.52 Å². The number of nitrogens with zero attached hydrogens (tertiary/aromatic N) is 3. The maximum atomic E-state index is 4.42. The van der Waals surface area contributed by atoms with Gasteiger partial charge in [-0.05, 0) is 23.8 Å². The van der Waals surface area contributed by atoms with E-state index in [4.69, 9.17) is 0 Å². The number of hydrogen-bond donors (Lipinski definition) is 1.